The van der Waals surface area contributed by atoms with Gasteiger partial charge in [0.25, 0.3) is 0 Å². The molecule has 1 atom stereocenters. The first-order valence-corrected chi connectivity index (χ1v) is 7.89. The van der Waals surface area contributed by atoms with Crippen LogP contribution in [-0.4, -0.2) is 29.6 Å². The number of nitrogens with two attached hydrogens (primary N) is 1. The van der Waals surface area contributed by atoms with Crippen molar-refractivity contribution in [2.75, 3.05) is 13.1 Å². The Hall–Kier alpha value is -0.900. The number of benzene rings is 1. The molecule has 1 unspecified atom stereocenters. The predicted molar refractivity (Wildman–Crippen MR) is 85.4 cm³/mol. The SMILES string of the molecule is CC(C)(C(Cc1ccccc1)NN)N1CCCCCC1. The summed E-state index contributed by atoms with van der Waals surface area (Å²) >= 11 is 0. The van der Waals surface area contributed by atoms with E-state index in [4.69, 9.17) is 5.84 Å². The molecule has 0 bridgehead atoms. The lowest BCUT2D eigenvalue weighted by molar-refractivity contribution is 0.0835. The van der Waals surface area contributed by atoms with Crippen LogP contribution in [0.1, 0.15) is 45.1 Å². The van der Waals surface area contributed by atoms with E-state index in [0.29, 0.717) is 0 Å². The van der Waals surface area contributed by atoms with Crippen molar-refractivity contribution in [3.63, 3.8) is 0 Å². The minimum atomic E-state index is 0.0783. The van der Waals surface area contributed by atoms with Crippen molar-refractivity contribution in [2.24, 2.45) is 5.84 Å². The normalized spacial score (nSPS) is 19.6. The molecule has 0 amide bonds. The highest BCUT2D eigenvalue weighted by Gasteiger charge is 2.34. The largest absolute Gasteiger partial charge is 0.297 e. The molecule has 20 heavy (non-hydrogen) atoms. The average molecular weight is 275 g/mol. The van der Waals surface area contributed by atoms with Gasteiger partial charge in [0.1, 0.15) is 0 Å². The second-order valence-corrected chi connectivity index (χ2v) is 6.46. The quantitative estimate of drug-likeness (QED) is 0.641. The molecular formula is C17H29N3. The molecule has 0 spiro atoms. The van der Waals surface area contributed by atoms with Gasteiger partial charge in [0.15, 0.2) is 0 Å². The monoisotopic (exact) mass is 275 g/mol. The van der Waals surface area contributed by atoms with Gasteiger partial charge in [0.05, 0.1) is 0 Å². The zero-order valence-electron chi connectivity index (χ0n) is 12.9. The first-order valence-electron chi connectivity index (χ1n) is 7.89. The minimum absolute atomic E-state index is 0.0783. The van der Waals surface area contributed by atoms with Gasteiger partial charge in [-0.05, 0) is 51.8 Å². The van der Waals surface area contributed by atoms with Gasteiger partial charge in [0.2, 0.25) is 0 Å². The van der Waals surface area contributed by atoms with E-state index >= 15 is 0 Å². The first kappa shape index (κ1) is 15.5. The Morgan fingerprint density at radius 3 is 2.25 bits per heavy atom. The molecule has 1 fully saturated rings. The Morgan fingerprint density at radius 1 is 1.10 bits per heavy atom. The van der Waals surface area contributed by atoms with E-state index in [2.05, 4.69) is 54.5 Å². The summed E-state index contributed by atoms with van der Waals surface area (Å²) in [6.07, 6.45) is 6.33. The molecule has 1 aliphatic rings. The lowest BCUT2D eigenvalue weighted by Gasteiger charge is -2.43. The lowest BCUT2D eigenvalue weighted by atomic mass is 9.87. The highest BCUT2D eigenvalue weighted by Crippen LogP contribution is 2.25. The van der Waals surface area contributed by atoms with Crippen LogP contribution in [0.5, 0.6) is 0 Å². The highest BCUT2D eigenvalue weighted by molar-refractivity contribution is 5.17. The summed E-state index contributed by atoms with van der Waals surface area (Å²) in [6.45, 7) is 7.04. The third-order valence-corrected chi connectivity index (χ3v) is 4.76. The number of nitrogens with zero attached hydrogens (tertiary/aromatic N) is 1. The van der Waals surface area contributed by atoms with Crippen molar-refractivity contribution in [1.82, 2.24) is 10.3 Å². The van der Waals surface area contributed by atoms with Crippen LogP contribution in [-0.2, 0) is 6.42 Å². The van der Waals surface area contributed by atoms with Gasteiger partial charge in [-0.2, -0.15) is 0 Å². The molecule has 112 valence electrons. The average Bonchev–Trinajstić information content (AvgIpc) is 2.75. The van der Waals surface area contributed by atoms with Crippen LogP contribution in [0.15, 0.2) is 30.3 Å². The molecule has 0 aliphatic carbocycles. The van der Waals surface area contributed by atoms with Crippen molar-refractivity contribution < 1.29 is 0 Å². The molecule has 0 saturated carbocycles. The number of likely N-dealkylation sites (tertiary alicyclic amines) is 1. The van der Waals surface area contributed by atoms with Crippen molar-refractivity contribution in [3.05, 3.63) is 35.9 Å². The molecule has 0 aromatic heterocycles. The summed E-state index contributed by atoms with van der Waals surface area (Å²) in [5.41, 5.74) is 4.49. The lowest BCUT2D eigenvalue weighted by Crippen LogP contribution is -2.60. The zero-order chi connectivity index (χ0) is 14.4. The fraction of sp³-hybridized carbons (Fsp3) is 0.647. The molecule has 1 aliphatic heterocycles. The van der Waals surface area contributed by atoms with E-state index in [1.54, 1.807) is 0 Å². The Bertz CT molecular complexity index is 380. The van der Waals surface area contributed by atoms with E-state index in [1.165, 1.54) is 44.3 Å². The fourth-order valence-electron chi connectivity index (χ4n) is 3.23. The third kappa shape index (κ3) is 3.81. The molecular weight excluding hydrogens is 246 g/mol. The second kappa shape index (κ2) is 7.21. The van der Waals surface area contributed by atoms with Crippen LogP contribution in [0.2, 0.25) is 0 Å². The van der Waals surface area contributed by atoms with Crippen molar-refractivity contribution in [1.29, 1.82) is 0 Å². The minimum Gasteiger partial charge on any atom is -0.297 e. The molecule has 3 nitrogen and oxygen atoms in total. The fourth-order valence-corrected chi connectivity index (χ4v) is 3.23. The van der Waals surface area contributed by atoms with Gasteiger partial charge in [-0.25, -0.2) is 0 Å². The van der Waals surface area contributed by atoms with Crippen LogP contribution in [0.25, 0.3) is 0 Å². The summed E-state index contributed by atoms with van der Waals surface area (Å²) in [5.74, 6) is 5.88. The standard InChI is InChI=1S/C17H29N3/c1-17(2,20-12-8-3-4-9-13-20)16(19-18)14-15-10-6-5-7-11-15/h5-7,10-11,16,19H,3-4,8-9,12-14,18H2,1-2H3. The predicted octanol–water partition coefficient (Wildman–Crippen LogP) is 2.72. The highest BCUT2D eigenvalue weighted by atomic mass is 15.3. The maximum atomic E-state index is 5.88. The zero-order valence-corrected chi connectivity index (χ0v) is 12.9. The smallest absolute Gasteiger partial charge is 0.0429 e. The molecule has 0 radical (unpaired) electrons. The molecule has 3 heteroatoms. The Labute approximate surface area is 123 Å². The van der Waals surface area contributed by atoms with Gasteiger partial charge in [-0.1, -0.05) is 43.2 Å². The van der Waals surface area contributed by atoms with E-state index in [0.717, 1.165) is 6.42 Å². The number of rotatable bonds is 5. The van der Waals surface area contributed by atoms with Crippen LogP contribution in [0.4, 0.5) is 0 Å². The van der Waals surface area contributed by atoms with Crippen LogP contribution >= 0.6 is 0 Å². The molecule has 2 rings (SSSR count). The number of hydrogen-bond acceptors (Lipinski definition) is 3. The maximum Gasteiger partial charge on any atom is 0.0429 e. The molecule has 1 heterocycles. The van der Waals surface area contributed by atoms with Crippen molar-refractivity contribution >= 4 is 0 Å². The van der Waals surface area contributed by atoms with Crippen molar-refractivity contribution in [2.45, 2.75) is 57.5 Å². The van der Waals surface area contributed by atoms with Gasteiger partial charge >= 0.3 is 0 Å². The first-order chi connectivity index (χ1) is 9.64. The molecule has 1 saturated heterocycles. The van der Waals surface area contributed by atoms with Crippen molar-refractivity contribution in [3.8, 4) is 0 Å². The Morgan fingerprint density at radius 2 is 1.70 bits per heavy atom. The summed E-state index contributed by atoms with van der Waals surface area (Å²) < 4.78 is 0. The van der Waals surface area contributed by atoms with Crippen LogP contribution < -0.4 is 11.3 Å². The summed E-state index contributed by atoms with van der Waals surface area (Å²) in [4.78, 5) is 2.62. The van der Waals surface area contributed by atoms with Gasteiger partial charge in [-0.3, -0.25) is 16.2 Å². The van der Waals surface area contributed by atoms with Crippen LogP contribution in [0, 0.1) is 0 Å². The Balaban J connectivity index is 2.07. The summed E-state index contributed by atoms with van der Waals surface area (Å²) in [5, 5.41) is 0. The third-order valence-electron chi connectivity index (χ3n) is 4.76. The molecule has 1 aromatic rings. The van der Waals surface area contributed by atoms with Gasteiger partial charge in [0, 0.05) is 11.6 Å². The summed E-state index contributed by atoms with van der Waals surface area (Å²) in [7, 11) is 0. The maximum absolute atomic E-state index is 5.88. The number of hydrogen-bond donors (Lipinski definition) is 2. The second-order valence-electron chi connectivity index (χ2n) is 6.46. The van der Waals surface area contributed by atoms with Gasteiger partial charge < -0.3 is 0 Å². The van der Waals surface area contributed by atoms with E-state index in [1.807, 2.05) is 0 Å². The van der Waals surface area contributed by atoms with Crippen LogP contribution in [0.3, 0.4) is 0 Å². The van der Waals surface area contributed by atoms with Gasteiger partial charge in [-0.15, -0.1) is 0 Å². The molecule has 1 aromatic carbocycles. The Kier molecular flexibility index (Phi) is 5.58. The molecule has 3 N–H and O–H groups in total. The summed E-state index contributed by atoms with van der Waals surface area (Å²) in [6, 6.07) is 10.9. The number of hydrazine groups is 1. The van der Waals surface area contributed by atoms with E-state index < -0.39 is 0 Å². The topological polar surface area (TPSA) is 41.3 Å². The van der Waals surface area contributed by atoms with E-state index in [-0.39, 0.29) is 11.6 Å². The van der Waals surface area contributed by atoms with E-state index in [9.17, 15) is 0 Å². The number of nitrogens with one attached hydrogen (secondary N) is 1.